The molecule has 0 saturated heterocycles. The first kappa shape index (κ1) is 18.7. The summed E-state index contributed by atoms with van der Waals surface area (Å²) in [4.78, 5) is 33.5. The van der Waals surface area contributed by atoms with E-state index in [2.05, 4.69) is 9.97 Å². The lowest BCUT2D eigenvalue weighted by Gasteiger charge is -2.10. The highest BCUT2D eigenvalue weighted by Gasteiger charge is 2.17. The van der Waals surface area contributed by atoms with Crippen molar-refractivity contribution < 1.29 is 9.53 Å². The van der Waals surface area contributed by atoms with Gasteiger partial charge in [-0.1, -0.05) is 49.0 Å². The van der Waals surface area contributed by atoms with Crippen LogP contribution in [-0.4, -0.2) is 27.8 Å². The molecule has 0 saturated carbocycles. The fraction of sp³-hybridized carbons (Fsp3) is 0.316. The summed E-state index contributed by atoms with van der Waals surface area (Å²) in [5, 5.41) is 1.04. The van der Waals surface area contributed by atoms with Gasteiger partial charge in [-0.25, -0.2) is 4.98 Å². The van der Waals surface area contributed by atoms with Gasteiger partial charge in [-0.2, -0.15) is 0 Å². The van der Waals surface area contributed by atoms with Crippen molar-refractivity contribution >= 4 is 39.3 Å². The standard InChI is InChI=1S/C19H20N2O3S2/c1-4-11(2)24-14(22)10-25-19-20-17(23)16-15(12(3)26-18(16)21-19)13-8-6-5-7-9-13/h5-9,11H,4,10H2,1-3H3,(H,20,21,23)/t11-/m0/s1. The van der Waals surface area contributed by atoms with Gasteiger partial charge in [-0.15, -0.1) is 11.3 Å². The van der Waals surface area contributed by atoms with Gasteiger partial charge in [0.1, 0.15) is 4.83 Å². The molecule has 0 aliphatic heterocycles. The van der Waals surface area contributed by atoms with E-state index in [1.54, 1.807) is 0 Å². The van der Waals surface area contributed by atoms with Crippen molar-refractivity contribution in [1.82, 2.24) is 9.97 Å². The van der Waals surface area contributed by atoms with Gasteiger partial charge in [0.2, 0.25) is 0 Å². The van der Waals surface area contributed by atoms with Crippen LogP contribution in [0.15, 0.2) is 40.3 Å². The summed E-state index contributed by atoms with van der Waals surface area (Å²) < 4.78 is 5.24. The number of aromatic nitrogens is 2. The van der Waals surface area contributed by atoms with Crippen molar-refractivity contribution in [3.8, 4) is 11.1 Å². The number of thioether (sulfide) groups is 1. The lowest BCUT2D eigenvalue weighted by atomic mass is 10.0. The number of aryl methyl sites for hydroxylation is 1. The van der Waals surface area contributed by atoms with Gasteiger partial charge >= 0.3 is 5.97 Å². The van der Waals surface area contributed by atoms with E-state index in [0.29, 0.717) is 15.4 Å². The minimum Gasteiger partial charge on any atom is -0.462 e. The third-order valence-electron chi connectivity index (χ3n) is 4.01. The molecule has 26 heavy (non-hydrogen) atoms. The molecule has 3 rings (SSSR count). The number of hydrogen-bond acceptors (Lipinski definition) is 6. The SMILES string of the molecule is CC[C@H](C)OC(=O)CSc1nc2sc(C)c(-c3ccccc3)c2c(=O)[nH]1. The van der Waals surface area contributed by atoms with Crippen LogP contribution < -0.4 is 5.56 Å². The van der Waals surface area contributed by atoms with E-state index in [-0.39, 0.29) is 23.4 Å². The number of esters is 1. The molecule has 1 atom stereocenters. The number of aromatic amines is 1. The quantitative estimate of drug-likeness (QED) is 0.385. The van der Waals surface area contributed by atoms with Gasteiger partial charge < -0.3 is 9.72 Å². The molecule has 5 nitrogen and oxygen atoms in total. The second-order valence-corrected chi connectivity index (χ2v) is 8.12. The molecule has 0 aliphatic rings. The lowest BCUT2D eigenvalue weighted by Crippen LogP contribution is -2.16. The first-order valence-corrected chi connectivity index (χ1v) is 10.2. The Morgan fingerprint density at radius 2 is 2.08 bits per heavy atom. The van der Waals surface area contributed by atoms with Gasteiger partial charge in [-0.3, -0.25) is 9.59 Å². The number of nitrogens with one attached hydrogen (secondary N) is 1. The first-order valence-electron chi connectivity index (χ1n) is 8.40. The lowest BCUT2D eigenvalue weighted by molar-refractivity contribution is -0.144. The molecular weight excluding hydrogens is 368 g/mol. The smallest absolute Gasteiger partial charge is 0.316 e. The number of benzene rings is 1. The fourth-order valence-corrected chi connectivity index (χ4v) is 4.34. The van der Waals surface area contributed by atoms with Gasteiger partial charge in [0.05, 0.1) is 17.2 Å². The van der Waals surface area contributed by atoms with Crippen LogP contribution in [0.2, 0.25) is 0 Å². The summed E-state index contributed by atoms with van der Waals surface area (Å²) >= 11 is 2.68. The van der Waals surface area contributed by atoms with Gasteiger partial charge in [0, 0.05) is 10.4 Å². The molecule has 0 spiro atoms. The molecule has 3 aromatic rings. The van der Waals surface area contributed by atoms with Gasteiger partial charge in [0.25, 0.3) is 5.56 Å². The molecule has 2 aromatic heterocycles. The van der Waals surface area contributed by atoms with Crippen LogP contribution in [0.5, 0.6) is 0 Å². The Bertz CT molecular complexity index is 980. The molecule has 0 amide bonds. The molecule has 0 unspecified atom stereocenters. The number of nitrogens with zero attached hydrogens (tertiary/aromatic N) is 1. The molecule has 1 N–H and O–H groups in total. The zero-order valence-corrected chi connectivity index (χ0v) is 16.5. The molecule has 2 heterocycles. The second-order valence-electron chi connectivity index (χ2n) is 5.95. The highest BCUT2D eigenvalue weighted by atomic mass is 32.2. The van der Waals surface area contributed by atoms with E-state index >= 15 is 0 Å². The first-order chi connectivity index (χ1) is 12.5. The number of hydrogen-bond donors (Lipinski definition) is 1. The predicted molar refractivity (Wildman–Crippen MR) is 107 cm³/mol. The van der Waals surface area contributed by atoms with Crippen molar-refractivity contribution in [3.05, 3.63) is 45.6 Å². The zero-order chi connectivity index (χ0) is 18.7. The number of fused-ring (bicyclic) bond motifs is 1. The van der Waals surface area contributed by atoms with Gasteiger partial charge in [0.15, 0.2) is 5.16 Å². The van der Waals surface area contributed by atoms with Crippen molar-refractivity contribution in [2.24, 2.45) is 0 Å². The van der Waals surface area contributed by atoms with Crippen molar-refractivity contribution in [3.63, 3.8) is 0 Å². The summed E-state index contributed by atoms with van der Waals surface area (Å²) in [6.45, 7) is 5.81. The summed E-state index contributed by atoms with van der Waals surface area (Å²) in [6, 6.07) is 9.83. The third-order valence-corrected chi connectivity index (χ3v) is 5.86. The van der Waals surface area contributed by atoms with Crippen LogP contribution in [0.1, 0.15) is 25.1 Å². The summed E-state index contributed by atoms with van der Waals surface area (Å²) in [6.07, 6.45) is 0.666. The molecule has 0 fully saturated rings. The number of rotatable bonds is 6. The Morgan fingerprint density at radius 1 is 1.35 bits per heavy atom. The maximum Gasteiger partial charge on any atom is 0.316 e. The summed E-state index contributed by atoms with van der Waals surface area (Å²) in [5.41, 5.74) is 1.74. The summed E-state index contributed by atoms with van der Waals surface area (Å²) in [5.74, 6) is -0.186. The number of H-pyrrole nitrogens is 1. The van der Waals surface area contributed by atoms with Crippen LogP contribution >= 0.6 is 23.1 Å². The predicted octanol–water partition coefficient (Wildman–Crippen LogP) is 4.39. The molecule has 136 valence electrons. The number of thiophene rings is 1. The van der Waals surface area contributed by atoms with E-state index in [4.69, 9.17) is 4.74 Å². The minimum atomic E-state index is -0.306. The number of carbonyl (C=O) groups excluding carboxylic acids is 1. The van der Waals surface area contributed by atoms with Crippen LogP contribution in [0, 0.1) is 6.92 Å². The van der Waals surface area contributed by atoms with Crippen LogP contribution in [0.4, 0.5) is 0 Å². The normalized spacial score (nSPS) is 12.3. The topological polar surface area (TPSA) is 72.0 Å². The van der Waals surface area contributed by atoms with E-state index in [1.807, 2.05) is 51.1 Å². The van der Waals surface area contributed by atoms with Crippen molar-refractivity contribution in [2.45, 2.75) is 38.5 Å². The molecular formula is C19H20N2O3S2. The largest absolute Gasteiger partial charge is 0.462 e. The number of carbonyl (C=O) groups is 1. The zero-order valence-electron chi connectivity index (χ0n) is 14.9. The van der Waals surface area contributed by atoms with Crippen LogP contribution in [-0.2, 0) is 9.53 Å². The molecule has 0 bridgehead atoms. The van der Waals surface area contributed by atoms with Crippen LogP contribution in [0.25, 0.3) is 21.3 Å². The Kier molecular flexibility index (Phi) is 5.78. The Morgan fingerprint density at radius 3 is 2.77 bits per heavy atom. The molecule has 0 aliphatic carbocycles. The van der Waals surface area contributed by atoms with E-state index in [9.17, 15) is 9.59 Å². The van der Waals surface area contributed by atoms with Crippen molar-refractivity contribution in [2.75, 3.05) is 5.75 Å². The number of ether oxygens (including phenoxy) is 1. The maximum atomic E-state index is 12.7. The summed E-state index contributed by atoms with van der Waals surface area (Å²) in [7, 11) is 0. The monoisotopic (exact) mass is 388 g/mol. The maximum absolute atomic E-state index is 12.7. The van der Waals surface area contributed by atoms with Crippen LogP contribution in [0.3, 0.4) is 0 Å². The second kappa shape index (κ2) is 8.05. The molecule has 7 heteroatoms. The average molecular weight is 389 g/mol. The molecule has 0 radical (unpaired) electrons. The Labute approximate surface area is 159 Å². The third kappa shape index (κ3) is 3.99. The Balaban J connectivity index is 1.88. The van der Waals surface area contributed by atoms with Gasteiger partial charge in [-0.05, 0) is 25.8 Å². The average Bonchev–Trinajstić information content (AvgIpc) is 2.97. The van der Waals surface area contributed by atoms with E-state index in [0.717, 1.165) is 22.4 Å². The van der Waals surface area contributed by atoms with E-state index in [1.165, 1.54) is 23.1 Å². The molecule has 1 aromatic carbocycles. The highest BCUT2D eigenvalue weighted by molar-refractivity contribution is 7.99. The van der Waals surface area contributed by atoms with E-state index < -0.39 is 0 Å². The highest BCUT2D eigenvalue weighted by Crippen LogP contribution is 2.35. The Hall–Kier alpha value is -2.12. The minimum absolute atomic E-state index is 0.106. The fourth-order valence-electron chi connectivity index (χ4n) is 2.59. The van der Waals surface area contributed by atoms with Crippen molar-refractivity contribution in [1.29, 1.82) is 0 Å².